The minimum atomic E-state index is -0.464. The lowest BCUT2D eigenvalue weighted by atomic mass is 9.77. The summed E-state index contributed by atoms with van der Waals surface area (Å²) in [7, 11) is 0. The first kappa shape index (κ1) is 19.3. The standard InChI is InChI=1S/C24H23ClN2O3/c25-17-8-9-19-18(13-17)22(28)20-21(16-7-4-11-26-14-16)27(24(29)23(20)30-19)12-10-15-5-2-1-3-6-15/h1-7,11,14,17-19,21H,8-10,12-13H2. The van der Waals surface area contributed by atoms with Crippen LogP contribution in [0.4, 0.5) is 0 Å². The summed E-state index contributed by atoms with van der Waals surface area (Å²) in [5.41, 5.74) is 2.46. The molecule has 4 atom stereocenters. The molecule has 4 unspecified atom stereocenters. The Bertz CT molecular complexity index is 992. The highest BCUT2D eigenvalue weighted by Crippen LogP contribution is 2.47. The van der Waals surface area contributed by atoms with Gasteiger partial charge in [-0.25, -0.2) is 0 Å². The number of halogens is 1. The third kappa shape index (κ3) is 3.31. The van der Waals surface area contributed by atoms with Gasteiger partial charge in [-0.15, -0.1) is 11.6 Å². The van der Waals surface area contributed by atoms with Crippen molar-refractivity contribution >= 4 is 23.3 Å². The smallest absolute Gasteiger partial charge is 0.290 e. The topological polar surface area (TPSA) is 59.5 Å². The average Bonchev–Trinajstić information content (AvgIpc) is 3.06. The lowest BCUT2D eigenvalue weighted by molar-refractivity contribution is -0.135. The highest BCUT2D eigenvalue weighted by Gasteiger charge is 2.52. The van der Waals surface area contributed by atoms with E-state index in [1.807, 2.05) is 42.5 Å². The Morgan fingerprint density at radius 1 is 1.10 bits per heavy atom. The highest BCUT2D eigenvalue weighted by molar-refractivity contribution is 6.21. The van der Waals surface area contributed by atoms with Gasteiger partial charge in [0, 0.05) is 24.3 Å². The fraction of sp³-hybridized carbons (Fsp3) is 0.375. The Hall–Kier alpha value is -2.66. The van der Waals surface area contributed by atoms with Gasteiger partial charge in [-0.3, -0.25) is 14.6 Å². The number of Topliss-reactive ketones (excluding diaryl/α,β-unsaturated/α-hetero) is 1. The maximum Gasteiger partial charge on any atom is 0.290 e. The maximum atomic E-state index is 13.5. The molecule has 0 saturated heterocycles. The van der Waals surface area contributed by atoms with Crippen molar-refractivity contribution in [3.05, 3.63) is 77.3 Å². The SMILES string of the molecule is O=C1C2=C(OC3CCC(Cl)CC13)C(=O)N(CCc1ccccc1)C2c1cccnc1. The van der Waals surface area contributed by atoms with Gasteiger partial charge in [0.15, 0.2) is 11.5 Å². The fourth-order valence-corrected chi connectivity index (χ4v) is 5.19. The second-order valence-electron chi connectivity index (χ2n) is 8.20. The van der Waals surface area contributed by atoms with E-state index in [1.165, 1.54) is 0 Å². The van der Waals surface area contributed by atoms with Crippen LogP contribution in [0, 0.1) is 5.92 Å². The third-order valence-corrected chi connectivity index (χ3v) is 6.76. The van der Waals surface area contributed by atoms with Gasteiger partial charge >= 0.3 is 0 Å². The Balaban J connectivity index is 1.50. The van der Waals surface area contributed by atoms with Crippen LogP contribution in [0.5, 0.6) is 0 Å². The lowest BCUT2D eigenvalue weighted by Gasteiger charge is -2.37. The average molecular weight is 423 g/mol. The summed E-state index contributed by atoms with van der Waals surface area (Å²) < 4.78 is 6.17. The third-order valence-electron chi connectivity index (χ3n) is 6.36. The van der Waals surface area contributed by atoms with Crippen LogP contribution in [0.2, 0.25) is 0 Å². The number of pyridine rings is 1. The van der Waals surface area contributed by atoms with Gasteiger partial charge in [-0.05, 0) is 42.9 Å². The van der Waals surface area contributed by atoms with Crippen molar-refractivity contribution in [2.45, 2.75) is 43.2 Å². The van der Waals surface area contributed by atoms with Crippen LogP contribution in [0.15, 0.2) is 66.2 Å². The summed E-state index contributed by atoms with van der Waals surface area (Å²) in [6.07, 6.45) is 5.98. The van der Waals surface area contributed by atoms with Gasteiger partial charge in [0.25, 0.3) is 5.91 Å². The Labute approximate surface area is 180 Å². The molecule has 1 aromatic carbocycles. The second kappa shape index (κ2) is 7.88. The zero-order chi connectivity index (χ0) is 20.7. The van der Waals surface area contributed by atoms with Crippen LogP contribution in [0.25, 0.3) is 0 Å². The number of aromatic nitrogens is 1. The van der Waals surface area contributed by atoms with E-state index >= 15 is 0 Å². The number of carbonyl (C=O) groups is 2. The Morgan fingerprint density at radius 3 is 2.70 bits per heavy atom. The molecule has 0 spiro atoms. The molecule has 2 aromatic rings. The van der Waals surface area contributed by atoms with E-state index in [2.05, 4.69) is 4.98 Å². The van der Waals surface area contributed by atoms with Crippen molar-refractivity contribution in [2.24, 2.45) is 5.92 Å². The Kier molecular flexibility index (Phi) is 5.07. The van der Waals surface area contributed by atoms with E-state index < -0.39 is 6.04 Å². The number of rotatable bonds is 4. The molecule has 1 amide bonds. The van der Waals surface area contributed by atoms with Crippen LogP contribution < -0.4 is 0 Å². The number of hydrogen-bond acceptors (Lipinski definition) is 4. The molecule has 5 rings (SSSR count). The molecule has 1 fully saturated rings. The molecular weight excluding hydrogens is 400 g/mol. The molecule has 0 N–H and O–H groups in total. The summed E-state index contributed by atoms with van der Waals surface area (Å²) in [6.45, 7) is 0.500. The molecular formula is C24H23ClN2O3. The number of ketones is 1. The molecule has 1 saturated carbocycles. The first-order chi connectivity index (χ1) is 14.6. The molecule has 2 aliphatic heterocycles. The van der Waals surface area contributed by atoms with Crippen molar-refractivity contribution in [1.82, 2.24) is 9.88 Å². The molecule has 0 radical (unpaired) electrons. The van der Waals surface area contributed by atoms with Gasteiger partial charge in [-0.2, -0.15) is 0 Å². The molecule has 6 heteroatoms. The number of hydrogen-bond donors (Lipinski definition) is 0. The number of carbonyl (C=O) groups excluding carboxylic acids is 2. The quantitative estimate of drug-likeness (QED) is 0.702. The highest BCUT2D eigenvalue weighted by atomic mass is 35.5. The summed E-state index contributed by atoms with van der Waals surface area (Å²) in [5, 5.41) is -0.0240. The predicted octanol–water partition coefficient (Wildman–Crippen LogP) is 3.84. The van der Waals surface area contributed by atoms with Crippen LogP contribution in [-0.2, 0) is 20.7 Å². The number of alkyl halides is 1. The zero-order valence-corrected chi connectivity index (χ0v) is 17.3. The van der Waals surface area contributed by atoms with Crippen molar-refractivity contribution in [3.8, 4) is 0 Å². The maximum absolute atomic E-state index is 13.5. The Morgan fingerprint density at radius 2 is 1.93 bits per heavy atom. The first-order valence-electron chi connectivity index (χ1n) is 10.5. The number of amides is 1. The predicted molar refractivity (Wildman–Crippen MR) is 113 cm³/mol. The van der Waals surface area contributed by atoms with E-state index in [-0.39, 0.29) is 34.8 Å². The molecule has 5 nitrogen and oxygen atoms in total. The molecule has 3 aliphatic rings. The van der Waals surface area contributed by atoms with Gasteiger partial charge in [0.05, 0.1) is 17.5 Å². The summed E-state index contributed by atoms with van der Waals surface area (Å²) >= 11 is 6.36. The van der Waals surface area contributed by atoms with Gasteiger partial charge in [0.2, 0.25) is 0 Å². The fourth-order valence-electron chi connectivity index (χ4n) is 4.87. The molecule has 1 aromatic heterocycles. The van der Waals surface area contributed by atoms with E-state index in [1.54, 1.807) is 17.3 Å². The van der Waals surface area contributed by atoms with E-state index in [9.17, 15) is 9.59 Å². The van der Waals surface area contributed by atoms with Crippen LogP contribution in [0.3, 0.4) is 0 Å². The zero-order valence-electron chi connectivity index (χ0n) is 16.5. The largest absolute Gasteiger partial charge is 0.483 e. The summed E-state index contributed by atoms with van der Waals surface area (Å²) in [4.78, 5) is 32.9. The number of fused-ring (bicyclic) bond motifs is 1. The van der Waals surface area contributed by atoms with Crippen molar-refractivity contribution < 1.29 is 14.3 Å². The molecule has 3 heterocycles. The van der Waals surface area contributed by atoms with Crippen molar-refractivity contribution in [2.75, 3.05) is 6.54 Å². The van der Waals surface area contributed by atoms with E-state index in [4.69, 9.17) is 16.3 Å². The van der Waals surface area contributed by atoms with E-state index in [0.29, 0.717) is 31.4 Å². The van der Waals surface area contributed by atoms with Gasteiger partial charge < -0.3 is 9.64 Å². The molecule has 0 bridgehead atoms. The van der Waals surface area contributed by atoms with Crippen molar-refractivity contribution in [1.29, 1.82) is 0 Å². The van der Waals surface area contributed by atoms with Crippen LogP contribution in [-0.4, -0.2) is 39.6 Å². The van der Waals surface area contributed by atoms with Gasteiger partial charge in [-0.1, -0.05) is 36.4 Å². The minimum Gasteiger partial charge on any atom is -0.483 e. The van der Waals surface area contributed by atoms with Crippen LogP contribution in [0.1, 0.15) is 36.4 Å². The molecule has 30 heavy (non-hydrogen) atoms. The number of ether oxygens (including phenoxy) is 1. The summed E-state index contributed by atoms with van der Waals surface area (Å²) in [6, 6.07) is 13.3. The second-order valence-corrected chi connectivity index (χ2v) is 8.82. The molecule has 1 aliphatic carbocycles. The van der Waals surface area contributed by atoms with Crippen molar-refractivity contribution in [3.63, 3.8) is 0 Å². The molecule has 154 valence electrons. The normalized spacial score (nSPS) is 28.2. The van der Waals surface area contributed by atoms with Crippen LogP contribution >= 0.6 is 11.6 Å². The van der Waals surface area contributed by atoms with E-state index in [0.717, 1.165) is 17.5 Å². The minimum absolute atomic E-state index is 0.0102. The number of benzene rings is 1. The van der Waals surface area contributed by atoms with Gasteiger partial charge in [0.1, 0.15) is 6.10 Å². The summed E-state index contributed by atoms with van der Waals surface area (Å²) in [5.74, 6) is -0.233. The first-order valence-corrected chi connectivity index (χ1v) is 10.9. The lowest BCUT2D eigenvalue weighted by Crippen LogP contribution is -2.41. The monoisotopic (exact) mass is 422 g/mol. The number of nitrogens with zero attached hydrogens (tertiary/aromatic N) is 2.